The topological polar surface area (TPSA) is 76.5 Å². The molecule has 4 rings (SSSR count). The summed E-state index contributed by atoms with van der Waals surface area (Å²) < 4.78 is 68.4. The number of benzene rings is 1. The first-order chi connectivity index (χ1) is 14.1. The Hall–Kier alpha value is -3.37. The first kappa shape index (κ1) is 19.9. The molecule has 1 atom stereocenters. The van der Waals surface area contributed by atoms with E-state index in [9.17, 15) is 26.7 Å². The van der Waals surface area contributed by atoms with Crippen LogP contribution in [0.1, 0.15) is 18.3 Å². The molecule has 0 aliphatic carbocycles. The fourth-order valence-corrected chi connectivity index (χ4v) is 3.25. The minimum Gasteiger partial charge on any atom is -0.319 e. The molecule has 3 heterocycles. The fourth-order valence-electron chi connectivity index (χ4n) is 3.25. The van der Waals surface area contributed by atoms with E-state index in [1.807, 2.05) is 0 Å². The molecular weight excluding hydrogens is 409 g/mol. The second-order valence-corrected chi connectivity index (χ2v) is 6.91. The normalized spacial score (nSPS) is 13.3. The van der Waals surface area contributed by atoms with Crippen molar-refractivity contribution in [2.24, 2.45) is 5.92 Å². The predicted molar refractivity (Wildman–Crippen MR) is 97.8 cm³/mol. The van der Waals surface area contributed by atoms with Crippen molar-refractivity contribution in [2.45, 2.75) is 26.1 Å². The van der Waals surface area contributed by atoms with E-state index in [0.717, 1.165) is 13.0 Å². The molecule has 6 nitrogen and oxygen atoms in total. The van der Waals surface area contributed by atoms with Gasteiger partial charge >= 0.3 is 6.18 Å². The van der Waals surface area contributed by atoms with Gasteiger partial charge in [-0.2, -0.15) is 13.2 Å². The molecule has 1 aromatic carbocycles. The van der Waals surface area contributed by atoms with E-state index in [2.05, 4.69) is 19.9 Å². The third-order valence-corrected chi connectivity index (χ3v) is 4.83. The number of imidazole rings is 1. The molecule has 1 unspecified atom stereocenters. The van der Waals surface area contributed by atoms with Crippen molar-refractivity contribution in [1.29, 1.82) is 0 Å². The van der Waals surface area contributed by atoms with Gasteiger partial charge in [0.1, 0.15) is 5.82 Å². The molecule has 0 aliphatic rings. The lowest BCUT2D eigenvalue weighted by molar-refractivity contribution is -0.169. The largest absolute Gasteiger partial charge is 0.391 e. The van der Waals surface area contributed by atoms with Gasteiger partial charge in [-0.3, -0.25) is 4.79 Å². The van der Waals surface area contributed by atoms with Gasteiger partial charge in [0.15, 0.2) is 22.9 Å². The molecule has 1 N–H and O–H groups in total. The van der Waals surface area contributed by atoms with Crippen molar-refractivity contribution in [1.82, 2.24) is 24.5 Å². The van der Waals surface area contributed by atoms with Crippen LogP contribution < -0.4 is 5.56 Å². The number of alkyl halides is 3. The highest BCUT2D eigenvalue weighted by Gasteiger charge is 2.37. The number of rotatable bonds is 4. The summed E-state index contributed by atoms with van der Waals surface area (Å²) in [5.74, 6) is -3.96. The van der Waals surface area contributed by atoms with E-state index in [1.165, 1.54) is 29.1 Å². The van der Waals surface area contributed by atoms with E-state index in [1.54, 1.807) is 0 Å². The maximum atomic E-state index is 14.2. The Kier molecular flexibility index (Phi) is 4.75. The van der Waals surface area contributed by atoms with Gasteiger partial charge in [-0.15, -0.1) is 0 Å². The highest BCUT2D eigenvalue weighted by molar-refractivity contribution is 5.82. The van der Waals surface area contributed by atoms with Crippen LogP contribution in [0.2, 0.25) is 0 Å². The molecule has 0 saturated carbocycles. The van der Waals surface area contributed by atoms with E-state index in [-0.39, 0.29) is 40.1 Å². The standard InChI is InChI=1S/C19H14F5N5O/c1-9(19(22,23)24)6-13-27-17-18(26-5-4-25-17)29(13)8-10-7-14(30)28-16-11(10)2-3-12(20)15(16)21/h2-5,7,9H,6,8H2,1H3,(H,28,30). The van der Waals surface area contributed by atoms with Crippen LogP contribution in [0.15, 0.2) is 35.4 Å². The average Bonchev–Trinajstić information content (AvgIpc) is 3.01. The number of aromatic amines is 1. The van der Waals surface area contributed by atoms with Gasteiger partial charge in [0.2, 0.25) is 5.56 Å². The number of nitrogens with one attached hydrogen (secondary N) is 1. The van der Waals surface area contributed by atoms with Crippen LogP contribution in [0.25, 0.3) is 22.2 Å². The summed E-state index contributed by atoms with van der Waals surface area (Å²) in [6, 6.07) is 3.39. The number of H-pyrrole nitrogens is 1. The first-order valence-corrected chi connectivity index (χ1v) is 8.88. The quantitative estimate of drug-likeness (QED) is 0.508. The van der Waals surface area contributed by atoms with Gasteiger partial charge in [-0.1, -0.05) is 6.92 Å². The summed E-state index contributed by atoms with van der Waals surface area (Å²) in [5, 5.41) is 0.217. The fraction of sp³-hybridized carbons (Fsp3) is 0.263. The summed E-state index contributed by atoms with van der Waals surface area (Å²) in [6.07, 6.45) is -2.15. The van der Waals surface area contributed by atoms with E-state index >= 15 is 0 Å². The third kappa shape index (κ3) is 3.51. The summed E-state index contributed by atoms with van der Waals surface area (Å²) >= 11 is 0. The van der Waals surface area contributed by atoms with Crippen LogP contribution in [0.5, 0.6) is 0 Å². The minimum absolute atomic E-state index is 0.0667. The number of fused-ring (bicyclic) bond motifs is 2. The van der Waals surface area contributed by atoms with Crippen LogP contribution in [0.3, 0.4) is 0 Å². The second-order valence-electron chi connectivity index (χ2n) is 6.91. The zero-order valence-electron chi connectivity index (χ0n) is 15.5. The smallest absolute Gasteiger partial charge is 0.319 e. The van der Waals surface area contributed by atoms with Crippen molar-refractivity contribution in [3.05, 3.63) is 64.0 Å². The summed E-state index contributed by atoms with van der Waals surface area (Å²) in [4.78, 5) is 26.6. The van der Waals surface area contributed by atoms with Crippen LogP contribution in [-0.4, -0.2) is 30.7 Å². The molecule has 3 aromatic heterocycles. The van der Waals surface area contributed by atoms with Crippen molar-refractivity contribution in [3.63, 3.8) is 0 Å². The Labute approximate surface area is 165 Å². The molecule has 0 amide bonds. The lowest BCUT2D eigenvalue weighted by Crippen LogP contribution is -2.23. The Morgan fingerprint density at radius 2 is 1.90 bits per heavy atom. The monoisotopic (exact) mass is 423 g/mol. The van der Waals surface area contributed by atoms with Crippen molar-refractivity contribution in [3.8, 4) is 0 Å². The molecule has 4 aromatic rings. The van der Waals surface area contributed by atoms with Gasteiger partial charge < -0.3 is 9.55 Å². The maximum Gasteiger partial charge on any atom is 0.391 e. The molecule has 30 heavy (non-hydrogen) atoms. The van der Waals surface area contributed by atoms with Gasteiger partial charge in [-0.25, -0.2) is 23.7 Å². The van der Waals surface area contributed by atoms with Crippen molar-refractivity contribution in [2.75, 3.05) is 0 Å². The van der Waals surface area contributed by atoms with Crippen LogP contribution >= 0.6 is 0 Å². The zero-order valence-corrected chi connectivity index (χ0v) is 15.5. The van der Waals surface area contributed by atoms with Gasteiger partial charge in [-0.05, 0) is 17.7 Å². The van der Waals surface area contributed by atoms with Gasteiger partial charge in [0.25, 0.3) is 0 Å². The summed E-state index contributed by atoms with van der Waals surface area (Å²) in [7, 11) is 0. The van der Waals surface area contributed by atoms with Gasteiger partial charge in [0, 0.05) is 30.3 Å². The van der Waals surface area contributed by atoms with Crippen molar-refractivity contribution < 1.29 is 22.0 Å². The number of pyridine rings is 1. The molecule has 0 aliphatic heterocycles. The predicted octanol–water partition coefficient (Wildman–Crippen LogP) is 3.74. The molecule has 0 bridgehead atoms. The molecular formula is C19H14F5N5O. The molecule has 0 spiro atoms. The minimum atomic E-state index is -4.43. The summed E-state index contributed by atoms with van der Waals surface area (Å²) in [6.45, 7) is 0.909. The molecule has 0 radical (unpaired) electrons. The highest BCUT2D eigenvalue weighted by atomic mass is 19.4. The second kappa shape index (κ2) is 7.15. The van der Waals surface area contributed by atoms with E-state index in [0.29, 0.717) is 0 Å². The number of hydrogen-bond acceptors (Lipinski definition) is 4. The Morgan fingerprint density at radius 1 is 1.17 bits per heavy atom. The first-order valence-electron chi connectivity index (χ1n) is 8.88. The highest BCUT2D eigenvalue weighted by Crippen LogP contribution is 2.30. The van der Waals surface area contributed by atoms with E-state index in [4.69, 9.17) is 0 Å². The lowest BCUT2D eigenvalue weighted by Gasteiger charge is -2.16. The Morgan fingerprint density at radius 3 is 2.63 bits per heavy atom. The van der Waals surface area contributed by atoms with Gasteiger partial charge in [0.05, 0.1) is 18.0 Å². The van der Waals surface area contributed by atoms with Crippen molar-refractivity contribution >= 4 is 22.2 Å². The Balaban J connectivity index is 1.88. The molecule has 156 valence electrons. The summed E-state index contributed by atoms with van der Waals surface area (Å²) in [5.41, 5.74) is -0.356. The van der Waals surface area contributed by atoms with Crippen LogP contribution in [0, 0.1) is 17.6 Å². The number of hydrogen-bond donors (Lipinski definition) is 1. The van der Waals surface area contributed by atoms with E-state index < -0.39 is 35.7 Å². The SMILES string of the molecule is CC(Cc1nc2nccnc2n1Cc1cc(=O)[nH]c2c(F)c(F)ccc12)C(F)(F)F. The third-order valence-electron chi connectivity index (χ3n) is 4.83. The molecule has 0 fully saturated rings. The molecule has 11 heteroatoms. The van der Waals surface area contributed by atoms with Crippen LogP contribution in [0.4, 0.5) is 22.0 Å². The van der Waals surface area contributed by atoms with Crippen LogP contribution in [-0.2, 0) is 13.0 Å². The Bertz CT molecular complexity index is 1310. The number of aromatic nitrogens is 5. The maximum absolute atomic E-state index is 14.2. The number of halogens is 5. The number of nitrogens with zero attached hydrogens (tertiary/aromatic N) is 4. The molecule has 0 saturated heterocycles. The average molecular weight is 423 g/mol. The zero-order chi connectivity index (χ0) is 21.6. The lowest BCUT2D eigenvalue weighted by atomic mass is 10.1.